The van der Waals surface area contributed by atoms with E-state index in [0.717, 1.165) is 0 Å². The smallest absolute Gasteiger partial charge is 0.283 e. The number of hydrogen-bond acceptors (Lipinski definition) is 2. The van der Waals surface area contributed by atoms with Gasteiger partial charge in [0.2, 0.25) is 0 Å². The number of allylic oxidation sites excluding steroid dienone is 1. The van der Waals surface area contributed by atoms with Gasteiger partial charge in [0, 0.05) is 0 Å². The van der Waals surface area contributed by atoms with Gasteiger partial charge in [-0.2, -0.15) is 8.78 Å². The van der Waals surface area contributed by atoms with E-state index in [-0.39, 0.29) is 6.54 Å². The predicted octanol–water partition coefficient (Wildman–Crippen LogP) is 1.63. The maximum Gasteiger partial charge on any atom is 0.368 e. The largest absolute Gasteiger partial charge is 0.368 e. The van der Waals surface area contributed by atoms with Gasteiger partial charge in [0.05, 0.1) is 0 Å². The Morgan fingerprint density at radius 2 is 2.08 bits per heavy atom. The highest BCUT2D eigenvalue weighted by Crippen LogP contribution is 2.16. The highest BCUT2D eigenvalue weighted by Gasteiger charge is 2.39. The molecule has 0 atom stereocenters. The first-order valence-corrected chi connectivity index (χ1v) is 3.45. The summed E-state index contributed by atoms with van der Waals surface area (Å²) in [4.78, 5) is 10.5. The third kappa shape index (κ3) is 2.65. The second kappa shape index (κ2) is 4.25. The summed E-state index contributed by atoms with van der Waals surface area (Å²) in [6.07, 6.45) is 0.702. The average molecular weight is 181 g/mol. The predicted molar refractivity (Wildman–Crippen MR) is 38.5 cm³/mol. The number of hydrogen-bond donors (Lipinski definition) is 1. The molecule has 70 valence electrons. The van der Waals surface area contributed by atoms with Crippen LogP contribution >= 0.6 is 0 Å². The van der Waals surface area contributed by atoms with Crippen LogP contribution in [-0.2, 0) is 4.79 Å². The fraction of sp³-hybridized carbons (Fsp3) is 0.571. The van der Waals surface area contributed by atoms with Gasteiger partial charge in [-0.15, -0.1) is 0 Å². The molecule has 0 aliphatic rings. The zero-order chi connectivity index (χ0) is 9.78. The van der Waals surface area contributed by atoms with E-state index in [2.05, 4.69) is 0 Å². The van der Waals surface area contributed by atoms with Crippen LogP contribution in [0.2, 0.25) is 0 Å². The number of carbonyl (C=O) groups excluding carboxylic acids is 1. The molecule has 0 fully saturated rings. The van der Waals surface area contributed by atoms with Gasteiger partial charge in [-0.1, -0.05) is 6.92 Å². The van der Waals surface area contributed by atoms with E-state index in [1.165, 1.54) is 13.8 Å². The zero-order valence-corrected chi connectivity index (χ0v) is 6.83. The second-order valence-electron chi connectivity index (χ2n) is 2.07. The van der Waals surface area contributed by atoms with Gasteiger partial charge in [-0.3, -0.25) is 10.1 Å². The average Bonchev–Trinajstić information content (AvgIpc) is 2.01. The molecule has 0 saturated carbocycles. The van der Waals surface area contributed by atoms with Crippen molar-refractivity contribution in [3.05, 3.63) is 11.9 Å². The van der Waals surface area contributed by atoms with Gasteiger partial charge in [0.25, 0.3) is 5.78 Å². The van der Waals surface area contributed by atoms with Crippen molar-refractivity contribution < 1.29 is 18.0 Å². The number of rotatable bonds is 4. The van der Waals surface area contributed by atoms with Crippen LogP contribution in [0.5, 0.6) is 0 Å². The van der Waals surface area contributed by atoms with Crippen molar-refractivity contribution >= 4 is 5.78 Å². The Balaban J connectivity index is 4.45. The third-order valence-electron chi connectivity index (χ3n) is 1.15. The molecule has 0 amide bonds. The van der Waals surface area contributed by atoms with E-state index in [9.17, 15) is 18.0 Å². The Bertz CT molecular complexity index is 201. The first kappa shape index (κ1) is 11.2. The minimum Gasteiger partial charge on any atom is -0.283 e. The van der Waals surface area contributed by atoms with Crippen molar-refractivity contribution in [1.82, 2.24) is 5.32 Å². The van der Waals surface area contributed by atoms with Crippen molar-refractivity contribution in [3.63, 3.8) is 0 Å². The topological polar surface area (TPSA) is 29.1 Å². The molecule has 0 aliphatic carbocycles. The van der Waals surface area contributed by atoms with Crippen LogP contribution in [0.1, 0.15) is 13.8 Å². The molecule has 0 aromatic carbocycles. The standard InChI is InChI=1S/C7H10F3NO/c1-3-5(8)6(12)7(9,10)11-4-2/h3,11H,4H2,1-2H3/b5-3-. The Labute approximate surface area is 68.4 Å². The SMILES string of the molecule is C/C=C(\F)C(=O)C(F)(F)NCC. The van der Waals surface area contributed by atoms with Gasteiger partial charge >= 0.3 is 6.05 Å². The first-order valence-electron chi connectivity index (χ1n) is 3.45. The lowest BCUT2D eigenvalue weighted by Gasteiger charge is -2.13. The van der Waals surface area contributed by atoms with Gasteiger partial charge in [0.15, 0.2) is 5.83 Å². The minimum atomic E-state index is -3.80. The van der Waals surface area contributed by atoms with Crippen molar-refractivity contribution in [3.8, 4) is 0 Å². The van der Waals surface area contributed by atoms with Crippen molar-refractivity contribution in [1.29, 1.82) is 0 Å². The summed E-state index contributed by atoms with van der Waals surface area (Å²) in [6.45, 7) is 2.47. The van der Waals surface area contributed by atoms with E-state index in [4.69, 9.17) is 0 Å². The molecular weight excluding hydrogens is 171 g/mol. The van der Waals surface area contributed by atoms with Crippen molar-refractivity contribution in [2.45, 2.75) is 19.9 Å². The maximum atomic E-state index is 12.5. The first-order chi connectivity index (χ1) is 5.45. The Kier molecular flexibility index (Phi) is 3.95. The summed E-state index contributed by atoms with van der Waals surface area (Å²) in [6, 6.07) is -3.80. The van der Waals surface area contributed by atoms with Crippen LogP contribution in [0.4, 0.5) is 13.2 Å². The maximum absolute atomic E-state index is 12.5. The van der Waals surface area contributed by atoms with Gasteiger partial charge < -0.3 is 0 Å². The van der Waals surface area contributed by atoms with Crippen LogP contribution in [0.15, 0.2) is 11.9 Å². The lowest BCUT2D eigenvalue weighted by Crippen LogP contribution is -2.44. The molecule has 2 nitrogen and oxygen atoms in total. The molecule has 0 unspecified atom stereocenters. The fourth-order valence-electron chi connectivity index (χ4n) is 0.583. The fourth-order valence-corrected chi connectivity index (χ4v) is 0.583. The molecule has 1 N–H and O–H groups in total. The van der Waals surface area contributed by atoms with Crippen molar-refractivity contribution in [2.75, 3.05) is 6.54 Å². The number of carbonyl (C=O) groups is 1. The summed E-state index contributed by atoms with van der Waals surface area (Å²) < 4.78 is 37.4. The third-order valence-corrected chi connectivity index (χ3v) is 1.15. The number of alkyl halides is 2. The van der Waals surface area contributed by atoms with Crippen LogP contribution in [0, 0.1) is 0 Å². The van der Waals surface area contributed by atoms with E-state index >= 15 is 0 Å². The molecule has 5 heteroatoms. The molecule has 0 spiro atoms. The minimum absolute atomic E-state index is 0.101. The van der Waals surface area contributed by atoms with E-state index in [0.29, 0.717) is 6.08 Å². The van der Waals surface area contributed by atoms with E-state index in [1.54, 1.807) is 5.32 Å². The van der Waals surface area contributed by atoms with Crippen LogP contribution in [0.25, 0.3) is 0 Å². The summed E-state index contributed by atoms with van der Waals surface area (Å²) >= 11 is 0. The molecule has 0 radical (unpaired) electrons. The van der Waals surface area contributed by atoms with Crippen LogP contribution < -0.4 is 5.32 Å². The van der Waals surface area contributed by atoms with Gasteiger partial charge in [0.1, 0.15) is 0 Å². The molecular formula is C7H10F3NO. The zero-order valence-electron chi connectivity index (χ0n) is 6.83. The lowest BCUT2D eigenvalue weighted by molar-refractivity contribution is -0.144. The summed E-state index contributed by atoms with van der Waals surface area (Å²) in [5.74, 6) is -3.26. The quantitative estimate of drug-likeness (QED) is 0.527. The highest BCUT2D eigenvalue weighted by atomic mass is 19.3. The Hall–Kier alpha value is -0.840. The summed E-state index contributed by atoms with van der Waals surface area (Å²) in [5.41, 5.74) is 0. The van der Waals surface area contributed by atoms with E-state index in [1.807, 2.05) is 0 Å². The monoisotopic (exact) mass is 181 g/mol. The molecule has 0 heterocycles. The lowest BCUT2D eigenvalue weighted by atomic mass is 10.3. The molecule has 0 rings (SSSR count). The number of Topliss-reactive ketones (excluding diaryl/α,β-unsaturated/α-hetero) is 1. The number of halogens is 3. The van der Waals surface area contributed by atoms with Gasteiger partial charge in [-0.05, 0) is 19.5 Å². The van der Waals surface area contributed by atoms with E-state index < -0.39 is 17.7 Å². The number of likely N-dealkylation sites (N-methyl/N-ethyl adjacent to an activating group) is 1. The summed E-state index contributed by atoms with van der Waals surface area (Å²) in [7, 11) is 0. The van der Waals surface area contributed by atoms with Gasteiger partial charge in [-0.25, -0.2) is 4.39 Å². The Morgan fingerprint density at radius 3 is 2.42 bits per heavy atom. The molecule has 0 saturated heterocycles. The van der Waals surface area contributed by atoms with Crippen LogP contribution in [-0.4, -0.2) is 18.4 Å². The highest BCUT2D eigenvalue weighted by molar-refractivity contribution is 5.98. The molecule has 0 aromatic heterocycles. The van der Waals surface area contributed by atoms with Crippen molar-refractivity contribution in [2.24, 2.45) is 0 Å². The molecule has 12 heavy (non-hydrogen) atoms. The van der Waals surface area contributed by atoms with Crippen LogP contribution in [0.3, 0.4) is 0 Å². The summed E-state index contributed by atoms with van der Waals surface area (Å²) in [5, 5.41) is 1.57. The number of nitrogens with one attached hydrogen (secondary N) is 1. The molecule has 0 bridgehead atoms. The molecule has 0 aliphatic heterocycles. The Morgan fingerprint density at radius 1 is 1.58 bits per heavy atom. The normalized spacial score (nSPS) is 13.2. The molecule has 0 aromatic rings. The number of ketones is 1. The second-order valence-corrected chi connectivity index (χ2v) is 2.07.